The van der Waals surface area contributed by atoms with Crippen LogP contribution in [0.1, 0.15) is 119 Å². The van der Waals surface area contributed by atoms with Crippen molar-refractivity contribution in [2.75, 3.05) is 6.61 Å². The fourth-order valence-corrected chi connectivity index (χ4v) is 6.46. The summed E-state index contributed by atoms with van der Waals surface area (Å²) in [5, 5.41) is 0. The summed E-state index contributed by atoms with van der Waals surface area (Å²) >= 11 is 0. The molecule has 0 atom stereocenters. The van der Waals surface area contributed by atoms with Crippen LogP contribution in [0.4, 0.5) is 8.78 Å². The van der Waals surface area contributed by atoms with Crippen molar-refractivity contribution in [3.8, 4) is 5.75 Å². The zero-order valence-corrected chi connectivity index (χ0v) is 23.0. The molecule has 1 nitrogen and oxygen atoms in total. The molecule has 37 heavy (non-hydrogen) atoms. The SMILES string of the molecule is CCCOc1ccc(C2CCC(CC/C=C/C3CCC(c4ccc(CCC)cc4)CC3)CC2)c(F)c1F. The summed E-state index contributed by atoms with van der Waals surface area (Å²) in [5.41, 5.74) is 3.53. The second-order valence-electron chi connectivity index (χ2n) is 11.5. The molecule has 0 aliphatic heterocycles. The second-order valence-corrected chi connectivity index (χ2v) is 11.5. The summed E-state index contributed by atoms with van der Waals surface area (Å²) in [6, 6.07) is 12.7. The van der Waals surface area contributed by atoms with Gasteiger partial charge in [0.2, 0.25) is 5.82 Å². The molecule has 0 aromatic heterocycles. The fourth-order valence-electron chi connectivity index (χ4n) is 6.46. The van der Waals surface area contributed by atoms with E-state index in [9.17, 15) is 8.78 Å². The van der Waals surface area contributed by atoms with E-state index in [4.69, 9.17) is 4.74 Å². The highest BCUT2D eigenvalue weighted by Crippen LogP contribution is 2.40. The minimum atomic E-state index is -0.822. The van der Waals surface area contributed by atoms with E-state index in [1.807, 2.05) is 6.92 Å². The molecule has 0 N–H and O–H groups in total. The van der Waals surface area contributed by atoms with Gasteiger partial charge in [0.15, 0.2) is 11.6 Å². The van der Waals surface area contributed by atoms with Crippen molar-refractivity contribution in [3.63, 3.8) is 0 Å². The normalized spacial score (nSPS) is 24.4. The topological polar surface area (TPSA) is 9.23 Å². The van der Waals surface area contributed by atoms with E-state index >= 15 is 0 Å². The van der Waals surface area contributed by atoms with E-state index < -0.39 is 11.6 Å². The van der Waals surface area contributed by atoms with Gasteiger partial charge in [0, 0.05) is 0 Å². The number of benzene rings is 2. The van der Waals surface area contributed by atoms with Gasteiger partial charge < -0.3 is 4.74 Å². The van der Waals surface area contributed by atoms with Crippen LogP contribution in [-0.2, 0) is 6.42 Å². The first-order valence-corrected chi connectivity index (χ1v) is 14.9. The third-order valence-corrected chi connectivity index (χ3v) is 8.74. The van der Waals surface area contributed by atoms with Crippen LogP contribution in [-0.4, -0.2) is 6.61 Å². The molecule has 0 amide bonds. The largest absolute Gasteiger partial charge is 0.490 e. The van der Waals surface area contributed by atoms with Crippen LogP contribution < -0.4 is 4.74 Å². The Morgan fingerprint density at radius 1 is 0.784 bits per heavy atom. The smallest absolute Gasteiger partial charge is 0.200 e. The Morgan fingerprint density at radius 2 is 1.49 bits per heavy atom. The Morgan fingerprint density at radius 3 is 2.16 bits per heavy atom. The molecule has 0 unspecified atom stereocenters. The molecule has 2 aromatic carbocycles. The molecule has 2 aliphatic rings. The van der Waals surface area contributed by atoms with E-state index in [2.05, 4.69) is 43.3 Å². The molecule has 0 spiro atoms. The third kappa shape index (κ3) is 7.68. The van der Waals surface area contributed by atoms with E-state index in [0.29, 0.717) is 18.1 Å². The van der Waals surface area contributed by atoms with Crippen LogP contribution in [0.25, 0.3) is 0 Å². The van der Waals surface area contributed by atoms with E-state index in [1.54, 1.807) is 12.1 Å². The minimum Gasteiger partial charge on any atom is -0.490 e. The van der Waals surface area contributed by atoms with Crippen molar-refractivity contribution in [1.29, 1.82) is 0 Å². The van der Waals surface area contributed by atoms with Crippen molar-refractivity contribution in [2.24, 2.45) is 11.8 Å². The van der Waals surface area contributed by atoms with Crippen LogP contribution in [0.3, 0.4) is 0 Å². The molecule has 2 aliphatic carbocycles. The Bertz CT molecular complexity index is 980. The number of ether oxygens (including phenoxy) is 1. The fraction of sp³-hybridized carbons (Fsp3) is 0.588. The Kier molecular flexibility index (Phi) is 10.6. The average Bonchev–Trinajstić information content (AvgIpc) is 2.93. The molecule has 0 bridgehead atoms. The molecular formula is C34H46F2O. The van der Waals surface area contributed by atoms with Gasteiger partial charge in [-0.15, -0.1) is 0 Å². The highest BCUT2D eigenvalue weighted by atomic mass is 19.2. The van der Waals surface area contributed by atoms with Crippen molar-refractivity contribution >= 4 is 0 Å². The van der Waals surface area contributed by atoms with E-state index in [1.165, 1.54) is 56.1 Å². The molecule has 2 fully saturated rings. The number of rotatable bonds is 11. The quantitative estimate of drug-likeness (QED) is 0.274. The zero-order valence-electron chi connectivity index (χ0n) is 23.0. The van der Waals surface area contributed by atoms with Gasteiger partial charge in [0.25, 0.3) is 0 Å². The molecule has 3 heteroatoms. The van der Waals surface area contributed by atoms with Gasteiger partial charge in [0.1, 0.15) is 0 Å². The summed E-state index contributed by atoms with van der Waals surface area (Å²) in [5.74, 6) is 0.799. The lowest BCUT2D eigenvalue weighted by Crippen LogP contribution is -2.15. The molecule has 0 radical (unpaired) electrons. The summed E-state index contributed by atoms with van der Waals surface area (Å²) in [6.07, 6.45) is 19.7. The first-order chi connectivity index (χ1) is 18.1. The van der Waals surface area contributed by atoms with Gasteiger partial charge in [-0.2, -0.15) is 4.39 Å². The highest BCUT2D eigenvalue weighted by molar-refractivity contribution is 5.33. The lowest BCUT2D eigenvalue weighted by Gasteiger charge is -2.29. The van der Waals surface area contributed by atoms with Gasteiger partial charge in [-0.3, -0.25) is 0 Å². The standard InChI is InChI=1S/C34H46F2O/c1-3-7-25-10-16-28(17-11-25)29-18-12-26(13-19-29)8-5-6-9-27-14-20-30(21-15-27)31-22-23-32(37-24-4-2)34(36)33(31)35/h5,8,10-11,16-17,22-23,26-27,29-30H,3-4,6-7,9,12-15,18-21,24H2,1-2H3/b8-5+. The van der Waals surface area contributed by atoms with Crippen LogP contribution in [0, 0.1) is 23.5 Å². The first-order valence-electron chi connectivity index (χ1n) is 14.9. The molecule has 0 saturated heterocycles. The molecule has 2 saturated carbocycles. The number of halogens is 2. The zero-order chi connectivity index (χ0) is 26.0. The van der Waals surface area contributed by atoms with Crippen molar-refractivity contribution in [2.45, 2.75) is 109 Å². The molecule has 202 valence electrons. The summed E-state index contributed by atoms with van der Waals surface area (Å²) in [7, 11) is 0. The van der Waals surface area contributed by atoms with Crippen molar-refractivity contribution in [1.82, 2.24) is 0 Å². The monoisotopic (exact) mass is 508 g/mol. The van der Waals surface area contributed by atoms with Gasteiger partial charge >= 0.3 is 0 Å². The maximum Gasteiger partial charge on any atom is 0.200 e. The Labute approximate surface area is 223 Å². The van der Waals surface area contributed by atoms with Crippen molar-refractivity contribution < 1.29 is 13.5 Å². The predicted octanol–water partition coefficient (Wildman–Crippen LogP) is 10.3. The van der Waals surface area contributed by atoms with Crippen LogP contribution in [0.2, 0.25) is 0 Å². The number of hydrogen-bond acceptors (Lipinski definition) is 1. The Balaban J connectivity index is 1.15. The Hall–Kier alpha value is -2.16. The molecular weight excluding hydrogens is 462 g/mol. The highest BCUT2D eigenvalue weighted by Gasteiger charge is 2.26. The van der Waals surface area contributed by atoms with Gasteiger partial charge in [-0.1, -0.05) is 62.8 Å². The third-order valence-electron chi connectivity index (χ3n) is 8.74. The molecule has 0 heterocycles. The van der Waals surface area contributed by atoms with Crippen LogP contribution >= 0.6 is 0 Å². The van der Waals surface area contributed by atoms with Crippen LogP contribution in [0.15, 0.2) is 48.6 Å². The van der Waals surface area contributed by atoms with Gasteiger partial charge in [-0.05, 0) is 123 Å². The summed E-state index contributed by atoms with van der Waals surface area (Å²) in [4.78, 5) is 0. The summed E-state index contributed by atoms with van der Waals surface area (Å²) in [6.45, 7) is 4.60. The van der Waals surface area contributed by atoms with Crippen molar-refractivity contribution in [3.05, 3.63) is 76.9 Å². The van der Waals surface area contributed by atoms with E-state index in [-0.39, 0.29) is 11.7 Å². The second kappa shape index (κ2) is 14.1. The average molecular weight is 509 g/mol. The van der Waals surface area contributed by atoms with E-state index in [0.717, 1.165) is 50.4 Å². The summed E-state index contributed by atoms with van der Waals surface area (Å²) < 4.78 is 34.5. The number of aryl methyl sites for hydroxylation is 1. The lowest BCUT2D eigenvalue weighted by atomic mass is 9.76. The van der Waals surface area contributed by atoms with Gasteiger partial charge in [-0.25, -0.2) is 4.39 Å². The minimum absolute atomic E-state index is 0.0399. The maximum atomic E-state index is 14.7. The van der Waals surface area contributed by atoms with Gasteiger partial charge in [0.05, 0.1) is 6.61 Å². The van der Waals surface area contributed by atoms with Crippen LogP contribution in [0.5, 0.6) is 5.75 Å². The number of hydrogen-bond donors (Lipinski definition) is 0. The first kappa shape index (κ1) is 27.9. The lowest BCUT2D eigenvalue weighted by molar-refractivity contribution is 0.288. The maximum absolute atomic E-state index is 14.7. The molecule has 2 aromatic rings. The molecule has 4 rings (SSSR count). The number of allylic oxidation sites excluding steroid dienone is 2. The predicted molar refractivity (Wildman–Crippen MR) is 150 cm³/mol.